The normalized spacial score (nSPS) is 13.7. The first-order valence-electron chi connectivity index (χ1n) is 16.8. The number of fused-ring (bicyclic) bond motifs is 3. The Morgan fingerprint density at radius 1 is 0.979 bits per heavy atom. The van der Waals surface area contributed by atoms with Gasteiger partial charge in [0.25, 0.3) is 5.91 Å². The number of carbonyl (C=O) groups is 2. The number of imidazole rings is 1. The van der Waals surface area contributed by atoms with E-state index in [4.69, 9.17) is 24.2 Å². The van der Waals surface area contributed by atoms with Crippen molar-refractivity contribution in [1.82, 2.24) is 19.9 Å². The molecule has 0 spiro atoms. The third kappa shape index (κ3) is 11.0. The van der Waals surface area contributed by atoms with Crippen LogP contribution in [0.2, 0.25) is 0 Å². The van der Waals surface area contributed by atoms with E-state index in [1.165, 1.54) is 0 Å². The van der Waals surface area contributed by atoms with Gasteiger partial charge in [-0.2, -0.15) is 0 Å². The molecule has 1 unspecified atom stereocenters. The highest BCUT2D eigenvalue weighted by Gasteiger charge is 2.34. The zero-order valence-electron chi connectivity index (χ0n) is 30.4. The Hall–Kier alpha value is -3.12. The zero-order valence-corrected chi connectivity index (χ0v) is 30.4. The SMILES string of the molecule is CCOCc1nc2c(NC(=O)C(C)(C)NC(=O)CC(C)(C)OCCC(C)(C)OCC(C)CC)nc3ccccc3c2n1CC(C)(C)O. The lowest BCUT2D eigenvalue weighted by molar-refractivity contribution is -0.134. The van der Waals surface area contributed by atoms with E-state index in [1.807, 2.05) is 49.6 Å². The maximum atomic E-state index is 13.7. The van der Waals surface area contributed by atoms with E-state index in [0.717, 1.165) is 17.3 Å². The van der Waals surface area contributed by atoms with Crippen molar-refractivity contribution in [3.63, 3.8) is 0 Å². The number of carbonyl (C=O) groups excluding carboxylic acids is 2. The number of para-hydroxylation sites is 1. The first-order chi connectivity index (χ1) is 21.8. The molecular weight excluding hydrogens is 598 g/mol. The summed E-state index contributed by atoms with van der Waals surface area (Å²) in [6.45, 7) is 22.9. The average molecular weight is 656 g/mol. The number of nitrogens with one attached hydrogen (secondary N) is 2. The molecule has 0 fully saturated rings. The molecule has 0 saturated heterocycles. The van der Waals surface area contributed by atoms with Crippen LogP contribution in [-0.4, -0.2) is 73.6 Å². The molecule has 0 bridgehead atoms. The van der Waals surface area contributed by atoms with Gasteiger partial charge in [-0.25, -0.2) is 9.97 Å². The van der Waals surface area contributed by atoms with Crippen molar-refractivity contribution in [3.8, 4) is 0 Å². The highest BCUT2D eigenvalue weighted by Crippen LogP contribution is 2.32. The second kappa shape index (κ2) is 15.4. The van der Waals surface area contributed by atoms with Gasteiger partial charge in [-0.1, -0.05) is 38.5 Å². The van der Waals surface area contributed by atoms with Crippen LogP contribution in [-0.2, 0) is 37.0 Å². The Morgan fingerprint density at radius 3 is 2.30 bits per heavy atom. The van der Waals surface area contributed by atoms with Crippen LogP contribution in [0.3, 0.4) is 0 Å². The van der Waals surface area contributed by atoms with E-state index in [0.29, 0.717) is 49.0 Å². The van der Waals surface area contributed by atoms with E-state index in [1.54, 1.807) is 27.7 Å². The van der Waals surface area contributed by atoms with E-state index in [-0.39, 0.29) is 36.9 Å². The van der Waals surface area contributed by atoms with Gasteiger partial charge in [0.05, 0.1) is 47.4 Å². The number of amides is 2. The lowest BCUT2D eigenvalue weighted by atomic mass is 10.00. The van der Waals surface area contributed by atoms with Gasteiger partial charge in [0.2, 0.25) is 5.91 Å². The highest BCUT2D eigenvalue weighted by molar-refractivity contribution is 6.11. The van der Waals surface area contributed by atoms with Gasteiger partial charge in [-0.15, -0.1) is 0 Å². The molecule has 2 heterocycles. The second-order valence-corrected chi connectivity index (χ2v) is 15.0. The summed E-state index contributed by atoms with van der Waals surface area (Å²) in [4.78, 5) is 36.5. The van der Waals surface area contributed by atoms with Crippen molar-refractivity contribution in [2.24, 2.45) is 5.92 Å². The van der Waals surface area contributed by atoms with E-state index < -0.39 is 22.6 Å². The van der Waals surface area contributed by atoms with Gasteiger partial charge in [0.15, 0.2) is 5.82 Å². The molecule has 2 amide bonds. The van der Waals surface area contributed by atoms with Crippen molar-refractivity contribution >= 4 is 39.6 Å². The topological polar surface area (TPSA) is 137 Å². The number of ether oxygens (including phenoxy) is 3. The Bertz CT molecular complexity index is 1520. The summed E-state index contributed by atoms with van der Waals surface area (Å²) < 4.78 is 19.8. The van der Waals surface area contributed by atoms with Crippen molar-refractivity contribution in [2.75, 3.05) is 25.1 Å². The molecule has 0 aliphatic heterocycles. The van der Waals surface area contributed by atoms with Crippen LogP contribution in [0.5, 0.6) is 0 Å². The number of benzene rings is 1. The van der Waals surface area contributed by atoms with Gasteiger partial charge in [0.1, 0.15) is 23.5 Å². The van der Waals surface area contributed by atoms with Gasteiger partial charge < -0.3 is 34.5 Å². The summed E-state index contributed by atoms with van der Waals surface area (Å²) in [7, 11) is 0. The first kappa shape index (κ1) is 38.3. The Morgan fingerprint density at radius 2 is 1.66 bits per heavy atom. The van der Waals surface area contributed by atoms with E-state index in [2.05, 4.69) is 38.3 Å². The average Bonchev–Trinajstić information content (AvgIpc) is 3.30. The van der Waals surface area contributed by atoms with Crippen molar-refractivity contribution < 1.29 is 28.9 Å². The zero-order chi connectivity index (χ0) is 35.2. The molecule has 0 aliphatic rings. The van der Waals surface area contributed by atoms with Gasteiger partial charge in [0, 0.05) is 18.6 Å². The predicted molar refractivity (Wildman–Crippen MR) is 186 cm³/mol. The number of hydrogen-bond acceptors (Lipinski definition) is 8. The minimum atomic E-state index is -1.28. The molecule has 11 heteroatoms. The summed E-state index contributed by atoms with van der Waals surface area (Å²) in [5.41, 5.74) is -1.53. The molecule has 11 nitrogen and oxygen atoms in total. The van der Waals surface area contributed by atoms with Crippen LogP contribution in [0.1, 0.15) is 101 Å². The number of pyridine rings is 1. The largest absolute Gasteiger partial charge is 0.389 e. The number of anilines is 1. The van der Waals surface area contributed by atoms with Crippen molar-refractivity contribution in [2.45, 2.75) is 131 Å². The van der Waals surface area contributed by atoms with Crippen LogP contribution in [0.4, 0.5) is 5.82 Å². The summed E-state index contributed by atoms with van der Waals surface area (Å²) in [5, 5.41) is 17.4. The fourth-order valence-corrected chi connectivity index (χ4v) is 5.11. The highest BCUT2D eigenvalue weighted by atomic mass is 16.5. The van der Waals surface area contributed by atoms with Crippen LogP contribution in [0, 0.1) is 5.92 Å². The number of aromatic nitrogens is 3. The Kier molecular flexibility index (Phi) is 12.6. The van der Waals surface area contributed by atoms with Crippen LogP contribution in [0.15, 0.2) is 24.3 Å². The van der Waals surface area contributed by atoms with Crippen LogP contribution >= 0.6 is 0 Å². The van der Waals surface area contributed by atoms with Crippen molar-refractivity contribution in [1.29, 1.82) is 0 Å². The third-order valence-electron chi connectivity index (χ3n) is 8.13. The summed E-state index contributed by atoms with van der Waals surface area (Å²) in [5.74, 6) is 0.607. The third-order valence-corrected chi connectivity index (χ3v) is 8.13. The molecule has 0 saturated carbocycles. The molecule has 0 radical (unpaired) electrons. The minimum Gasteiger partial charge on any atom is -0.389 e. The molecule has 1 aromatic carbocycles. The molecule has 3 N–H and O–H groups in total. The summed E-state index contributed by atoms with van der Waals surface area (Å²) >= 11 is 0. The van der Waals surface area contributed by atoms with Crippen molar-refractivity contribution in [3.05, 3.63) is 30.1 Å². The number of rotatable bonds is 18. The number of nitrogens with zero attached hydrogens (tertiary/aromatic N) is 3. The summed E-state index contributed by atoms with van der Waals surface area (Å²) in [6.07, 6.45) is 1.82. The lowest BCUT2D eigenvalue weighted by Gasteiger charge is -2.31. The van der Waals surface area contributed by atoms with Gasteiger partial charge in [-0.05, 0) is 80.7 Å². The predicted octanol–water partition coefficient (Wildman–Crippen LogP) is 6.14. The quantitative estimate of drug-likeness (QED) is 0.149. The monoisotopic (exact) mass is 655 g/mol. The molecule has 262 valence electrons. The maximum absolute atomic E-state index is 13.7. The van der Waals surface area contributed by atoms with Crippen LogP contribution in [0.25, 0.3) is 21.9 Å². The number of hydrogen-bond donors (Lipinski definition) is 3. The molecule has 3 rings (SSSR count). The Balaban J connectivity index is 1.77. The Labute approximate surface area is 280 Å². The number of aliphatic hydroxyl groups is 1. The van der Waals surface area contributed by atoms with Crippen LogP contribution < -0.4 is 10.6 Å². The molecule has 2 aromatic heterocycles. The fraction of sp³-hybridized carbons (Fsp3) is 0.667. The molecular formula is C36H57N5O6. The molecule has 0 aliphatic carbocycles. The second-order valence-electron chi connectivity index (χ2n) is 15.0. The first-order valence-corrected chi connectivity index (χ1v) is 16.8. The van der Waals surface area contributed by atoms with Gasteiger partial charge >= 0.3 is 0 Å². The van der Waals surface area contributed by atoms with Gasteiger partial charge in [-0.3, -0.25) is 9.59 Å². The lowest BCUT2D eigenvalue weighted by Crippen LogP contribution is -2.53. The molecule has 1 atom stereocenters. The smallest absolute Gasteiger partial charge is 0.250 e. The maximum Gasteiger partial charge on any atom is 0.250 e. The van der Waals surface area contributed by atoms with E-state index >= 15 is 0 Å². The minimum absolute atomic E-state index is 0.0679. The van der Waals surface area contributed by atoms with E-state index in [9.17, 15) is 14.7 Å². The standard InChI is InChI=1S/C36H57N5O6/c1-12-24(3)21-47-34(6,7)18-19-46-35(8,9)20-28(42)40-36(10,11)32(43)39-31-29-30(25-16-14-15-17-26(25)37-31)41(23-33(4,5)44)27(38-29)22-45-13-2/h14-17,24,44H,12-13,18-23H2,1-11H3,(H,40,42)(H,37,39,43). The molecule has 3 aromatic rings. The molecule has 47 heavy (non-hydrogen) atoms. The fourth-order valence-electron chi connectivity index (χ4n) is 5.11. The summed E-state index contributed by atoms with van der Waals surface area (Å²) in [6, 6.07) is 7.59.